The van der Waals surface area contributed by atoms with Crippen molar-refractivity contribution in [1.82, 2.24) is 0 Å². The fourth-order valence-electron chi connectivity index (χ4n) is 0.832. The molecule has 0 aromatic heterocycles. The van der Waals surface area contributed by atoms with Crippen molar-refractivity contribution in [3.63, 3.8) is 0 Å². The Morgan fingerprint density at radius 3 is 2.67 bits per heavy atom. The number of nitrogens with two attached hydrogens (primary N) is 1. The zero-order valence-corrected chi connectivity index (χ0v) is 8.74. The summed E-state index contributed by atoms with van der Waals surface area (Å²) < 4.78 is 0.692. The minimum Gasteiger partial charge on any atom is -0.398 e. The van der Waals surface area contributed by atoms with Gasteiger partial charge in [-0.1, -0.05) is 11.6 Å². The molecule has 0 radical (unpaired) electrons. The topological polar surface area (TPSA) is 43.1 Å². The number of Topliss-reactive ketones (excluding diaryl/α,β-unsaturated/α-hetero) is 1. The second-order valence-electron chi connectivity index (χ2n) is 2.41. The maximum absolute atomic E-state index is 11.0. The van der Waals surface area contributed by atoms with E-state index in [9.17, 15) is 4.79 Å². The van der Waals surface area contributed by atoms with Gasteiger partial charge < -0.3 is 5.73 Å². The maximum atomic E-state index is 11.0. The molecule has 1 rings (SSSR count). The van der Waals surface area contributed by atoms with Gasteiger partial charge >= 0.3 is 0 Å². The number of carbonyl (C=O) groups is 1. The van der Waals surface area contributed by atoms with Crippen LogP contribution in [0.3, 0.4) is 0 Å². The summed E-state index contributed by atoms with van der Waals surface area (Å²) in [5.41, 5.74) is 6.56. The van der Waals surface area contributed by atoms with Crippen molar-refractivity contribution in [2.45, 2.75) is 6.92 Å². The molecule has 0 bridgehead atoms. The molecule has 0 atom stereocenters. The van der Waals surface area contributed by atoms with Crippen molar-refractivity contribution in [3.8, 4) is 0 Å². The van der Waals surface area contributed by atoms with Crippen molar-refractivity contribution in [3.05, 3.63) is 27.2 Å². The van der Waals surface area contributed by atoms with E-state index in [-0.39, 0.29) is 5.78 Å². The van der Waals surface area contributed by atoms with Gasteiger partial charge in [0.2, 0.25) is 0 Å². The van der Waals surface area contributed by atoms with E-state index in [1.54, 1.807) is 12.1 Å². The highest BCUT2D eigenvalue weighted by Crippen LogP contribution is 2.27. The summed E-state index contributed by atoms with van der Waals surface area (Å²) in [5.74, 6) is -0.0688. The largest absolute Gasteiger partial charge is 0.398 e. The molecule has 12 heavy (non-hydrogen) atoms. The van der Waals surface area contributed by atoms with Gasteiger partial charge in [-0.05, 0) is 35.0 Å². The molecule has 0 unspecified atom stereocenters. The molecule has 0 spiro atoms. The summed E-state index contributed by atoms with van der Waals surface area (Å²) in [6.07, 6.45) is 0. The number of hydrogen-bond donors (Lipinski definition) is 1. The Morgan fingerprint density at radius 2 is 2.17 bits per heavy atom. The van der Waals surface area contributed by atoms with Crippen LogP contribution in [0, 0.1) is 0 Å². The smallest absolute Gasteiger partial charge is 0.161 e. The fourth-order valence-corrected chi connectivity index (χ4v) is 1.48. The highest BCUT2D eigenvalue weighted by molar-refractivity contribution is 9.10. The first-order chi connectivity index (χ1) is 5.52. The predicted molar refractivity (Wildman–Crippen MR) is 53.6 cm³/mol. The molecule has 0 amide bonds. The second kappa shape index (κ2) is 3.46. The van der Waals surface area contributed by atoms with E-state index >= 15 is 0 Å². The summed E-state index contributed by atoms with van der Waals surface area (Å²) in [6, 6.07) is 3.18. The van der Waals surface area contributed by atoms with Crippen LogP contribution in [0.25, 0.3) is 0 Å². The molecule has 2 N–H and O–H groups in total. The summed E-state index contributed by atoms with van der Waals surface area (Å²) in [7, 11) is 0. The van der Waals surface area contributed by atoms with E-state index in [1.807, 2.05) is 0 Å². The van der Waals surface area contributed by atoms with Gasteiger partial charge in [-0.2, -0.15) is 0 Å². The van der Waals surface area contributed by atoms with Crippen LogP contribution in [-0.2, 0) is 0 Å². The summed E-state index contributed by atoms with van der Waals surface area (Å²) in [6.45, 7) is 1.46. The highest BCUT2D eigenvalue weighted by atomic mass is 79.9. The molecule has 0 aliphatic rings. The second-order valence-corrected chi connectivity index (χ2v) is 3.67. The predicted octanol–water partition coefficient (Wildman–Crippen LogP) is 2.89. The maximum Gasteiger partial charge on any atom is 0.161 e. The van der Waals surface area contributed by atoms with Gasteiger partial charge in [0, 0.05) is 15.7 Å². The van der Waals surface area contributed by atoms with Gasteiger partial charge in [0.1, 0.15) is 0 Å². The number of anilines is 1. The van der Waals surface area contributed by atoms with Gasteiger partial charge in [-0.3, -0.25) is 4.79 Å². The number of rotatable bonds is 1. The van der Waals surface area contributed by atoms with E-state index in [0.717, 1.165) is 0 Å². The Balaban J connectivity index is 3.33. The van der Waals surface area contributed by atoms with Crippen LogP contribution in [0.1, 0.15) is 17.3 Å². The number of nitrogen functional groups attached to an aromatic ring is 1. The summed E-state index contributed by atoms with van der Waals surface area (Å²) >= 11 is 8.99. The van der Waals surface area contributed by atoms with Crippen LogP contribution >= 0.6 is 27.5 Å². The van der Waals surface area contributed by atoms with Gasteiger partial charge in [-0.25, -0.2) is 0 Å². The first kappa shape index (κ1) is 9.55. The van der Waals surface area contributed by atoms with Crippen LogP contribution in [0.15, 0.2) is 16.6 Å². The highest BCUT2D eigenvalue weighted by Gasteiger charge is 2.07. The van der Waals surface area contributed by atoms with Crippen molar-refractivity contribution < 1.29 is 4.79 Å². The van der Waals surface area contributed by atoms with Crippen LogP contribution in [-0.4, -0.2) is 5.78 Å². The van der Waals surface area contributed by atoms with Crippen molar-refractivity contribution in [1.29, 1.82) is 0 Å². The minimum absolute atomic E-state index is 0.0688. The van der Waals surface area contributed by atoms with Crippen LogP contribution in [0.4, 0.5) is 5.69 Å². The average Bonchev–Trinajstić information content (AvgIpc) is 1.96. The zero-order valence-electron chi connectivity index (χ0n) is 6.40. The van der Waals surface area contributed by atoms with Crippen molar-refractivity contribution >= 4 is 39.0 Å². The van der Waals surface area contributed by atoms with E-state index in [2.05, 4.69) is 15.9 Å². The third-order valence-electron chi connectivity index (χ3n) is 1.47. The van der Waals surface area contributed by atoms with E-state index < -0.39 is 0 Å². The molecule has 1 aromatic rings. The molecule has 4 heteroatoms. The number of ketones is 1. The lowest BCUT2D eigenvalue weighted by atomic mass is 10.1. The molecule has 0 saturated heterocycles. The SMILES string of the molecule is CC(=O)c1cc(Br)c(N)cc1Cl. The fraction of sp³-hybridized carbons (Fsp3) is 0.125. The number of benzene rings is 1. The molecular formula is C8H7BrClNO. The molecule has 0 aliphatic heterocycles. The quantitative estimate of drug-likeness (QED) is 0.613. The molecule has 0 saturated carbocycles. The Kier molecular flexibility index (Phi) is 2.75. The lowest BCUT2D eigenvalue weighted by Gasteiger charge is -2.03. The molecular weight excluding hydrogens is 241 g/mol. The van der Waals surface area contributed by atoms with Gasteiger partial charge in [-0.15, -0.1) is 0 Å². The molecule has 1 aromatic carbocycles. The summed E-state index contributed by atoms with van der Waals surface area (Å²) in [4.78, 5) is 11.0. The van der Waals surface area contributed by atoms with Gasteiger partial charge in [0.15, 0.2) is 5.78 Å². The standard InChI is InChI=1S/C8H7BrClNO/c1-4(12)5-2-6(9)8(11)3-7(5)10/h2-3H,11H2,1H3. The molecule has 0 heterocycles. The lowest BCUT2D eigenvalue weighted by molar-refractivity contribution is 0.101. The first-order valence-corrected chi connectivity index (χ1v) is 4.45. The number of halogens is 2. The van der Waals surface area contributed by atoms with E-state index in [0.29, 0.717) is 20.7 Å². The van der Waals surface area contributed by atoms with Crippen LogP contribution in [0.2, 0.25) is 5.02 Å². The Hall–Kier alpha value is -0.540. The molecule has 0 aliphatic carbocycles. The third-order valence-corrected chi connectivity index (χ3v) is 2.47. The van der Waals surface area contributed by atoms with Gasteiger partial charge in [0.25, 0.3) is 0 Å². The van der Waals surface area contributed by atoms with Crippen molar-refractivity contribution in [2.75, 3.05) is 5.73 Å². The molecule has 64 valence electrons. The molecule has 0 fully saturated rings. The Labute approximate surface area is 83.8 Å². The minimum atomic E-state index is -0.0688. The monoisotopic (exact) mass is 247 g/mol. The number of hydrogen-bond acceptors (Lipinski definition) is 2. The number of carbonyl (C=O) groups excluding carboxylic acids is 1. The Bertz CT molecular complexity index is 338. The van der Waals surface area contributed by atoms with E-state index in [1.165, 1.54) is 6.92 Å². The van der Waals surface area contributed by atoms with Crippen molar-refractivity contribution in [2.24, 2.45) is 0 Å². The Morgan fingerprint density at radius 1 is 1.58 bits per heavy atom. The van der Waals surface area contributed by atoms with Gasteiger partial charge in [0.05, 0.1) is 5.02 Å². The van der Waals surface area contributed by atoms with E-state index in [4.69, 9.17) is 17.3 Å². The average molecular weight is 249 g/mol. The first-order valence-electron chi connectivity index (χ1n) is 3.28. The molecule has 2 nitrogen and oxygen atoms in total. The zero-order chi connectivity index (χ0) is 9.30. The normalized spacial score (nSPS) is 9.92. The third kappa shape index (κ3) is 1.79. The van der Waals surface area contributed by atoms with Crippen LogP contribution in [0.5, 0.6) is 0 Å². The lowest BCUT2D eigenvalue weighted by Crippen LogP contribution is -1.96. The van der Waals surface area contributed by atoms with Crippen LogP contribution < -0.4 is 5.73 Å². The summed E-state index contributed by atoms with van der Waals surface area (Å²) in [5, 5.41) is 0.392.